The van der Waals surface area contributed by atoms with E-state index in [2.05, 4.69) is 21.2 Å². The average molecular weight is 556 g/mol. The number of sulfonamides is 1. The lowest BCUT2D eigenvalue weighted by Gasteiger charge is -2.28. The van der Waals surface area contributed by atoms with Crippen molar-refractivity contribution in [3.63, 3.8) is 0 Å². The van der Waals surface area contributed by atoms with Crippen LogP contribution in [0.15, 0.2) is 88.2 Å². The Bertz CT molecular complexity index is 1290. The molecule has 0 unspecified atom stereocenters. The van der Waals surface area contributed by atoms with Crippen molar-refractivity contribution in [2.75, 3.05) is 29.3 Å². The fourth-order valence-electron chi connectivity index (χ4n) is 4.01. The molecule has 0 saturated carbocycles. The number of benzene rings is 3. The molecule has 0 aliphatic carbocycles. The monoisotopic (exact) mass is 555 g/mol. The van der Waals surface area contributed by atoms with Crippen LogP contribution >= 0.6 is 15.9 Å². The minimum absolute atomic E-state index is 0.0800. The molecule has 1 aliphatic heterocycles. The first-order valence-electron chi connectivity index (χ1n) is 11.4. The van der Waals surface area contributed by atoms with Gasteiger partial charge >= 0.3 is 0 Å². The van der Waals surface area contributed by atoms with Crippen molar-refractivity contribution >= 4 is 49.1 Å². The summed E-state index contributed by atoms with van der Waals surface area (Å²) in [5.41, 5.74) is 1.11. The summed E-state index contributed by atoms with van der Waals surface area (Å²) >= 11 is 3.36. The number of hydrogen-bond donors (Lipinski definition) is 1. The topological polar surface area (TPSA) is 86.8 Å². The normalized spacial score (nSPS) is 13.8. The van der Waals surface area contributed by atoms with E-state index in [1.54, 1.807) is 71.6 Å². The molecule has 1 fully saturated rings. The van der Waals surface area contributed by atoms with Crippen LogP contribution in [-0.2, 0) is 14.8 Å². The van der Waals surface area contributed by atoms with Gasteiger partial charge < -0.3 is 10.2 Å². The molecule has 182 valence electrons. The van der Waals surface area contributed by atoms with Gasteiger partial charge in [-0.3, -0.25) is 13.9 Å². The van der Waals surface area contributed by atoms with E-state index in [1.165, 1.54) is 12.1 Å². The Morgan fingerprint density at radius 1 is 0.857 bits per heavy atom. The molecular formula is C26H26BrN3O4S. The molecule has 1 aliphatic rings. The molecule has 0 atom stereocenters. The zero-order chi connectivity index (χ0) is 24.8. The van der Waals surface area contributed by atoms with Crippen molar-refractivity contribution in [3.05, 3.63) is 88.9 Å². The standard InChI is InChI=1S/C26H26BrN3O4S/c27-20-13-15-21(16-14-20)30(35(33,34)22-9-3-1-4-10-22)19-25(31)28-24-12-6-5-11-23(24)26(32)29-17-7-2-8-18-29/h1,3-6,9-16H,2,7-8,17-19H2,(H,28,31). The summed E-state index contributed by atoms with van der Waals surface area (Å²) in [6, 6.07) is 21.5. The number of nitrogens with zero attached hydrogens (tertiary/aromatic N) is 2. The van der Waals surface area contributed by atoms with Crippen molar-refractivity contribution in [1.82, 2.24) is 4.90 Å². The molecule has 3 aromatic carbocycles. The lowest BCUT2D eigenvalue weighted by Crippen LogP contribution is -2.39. The van der Waals surface area contributed by atoms with Gasteiger partial charge in [0.05, 0.1) is 21.8 Å². The molecule has 9 heteroatoms. The van der Waals surface area contributed by atoms with Crippen LogP contribution in [0.25, 0.3) is 0 Å². The average Bonchev–Trinajstić information content (AvgIpc) is 2.89. The van der Waals surface area contributed by atoms with Gasteiger partial charge in [-0.2, -0.15) is 0 Å². The highest BCUT2D eigenvalue weighted by Crippen LogP contribution is 2.26. The van der Waals surface area contributed by atoms with Crippen LogP contribution in [0.5, 0.6) is 0 Å². The number of likely N-dealkylation sites (tertiary alicyclic amines) is 1. The smallest absolute Gasteiger partial charge is 0.264 e. The summed E-state index contributed by atoms with van der Waals surface area (Å²) < 4.78 is 28.8. The highest BCUT2D eigenvalue weighted by molar-refractivity contribution is 9.10. The number of para-hydroxylation sites is 1. The summed E-state index contributed by atoms with van der Waals surface area (Å²) in [5.74, 6) is -0.686. The van der Waals surface area contributed by atoms with E-state index in [1.807, 2.05) is 0 Å². The van der Waals surface area contributed by atoms with Gasteiger partial charge in [0.2, 0.25) is 5.91 Å². The van der Waals surface area contributed by atoms with Crippen LogP contribution in [0.4, 0.5) is 11.4 Å². The number of carbonyl (C=O) groups excluding carboxylic acids is 2. The molecule has 0 spiro atoms. The van der Waals surface area contributed by atoms with E-state index >= 15 is 0 Å². The first kappa shape index (κ1) is 24.9. The fourth-order valence-corrected chi connectivity index (χ4v) is 5.71. The molecule has 1 N–H and O–H groups in total. The number of halogens is 1. The molecule has 7 nitrogen and oxygen atoms in total. The summed E-state index contributed by atoms with van der Waals surface area (Å²) in [5, 5.41) is 2.76. The molecular weight excluding hydrogens is 530 g/mol. The van der Waals surface area contributed by atoms with E-state index in [-0.39, 0.29) is 10.8 Å². The number of piperidine rings is 1. The molecule has 35 heavy (non-hydrogen) atoms. The SMILES string of the molecule is O=C(CN(c1ccc(Br)cc1)S(=O)(=O)c1ccccc1)Nc1ccccc1C(=O)N1CCCCC1. The van der Waals surface area contributed by atoms with Gasteiger partial charge in [-0.15, -0.1) is 0 Å². The second-order valence-electron chi connectivity index (χ2n) is 8.25. The van der Waals surface area contributed by atoms with E-state index in [0.29, 0.717) is 30.0 Å². The number of rotatable bonds is 7. The van der Waals surface area contributed by atoms with Gasteiger partial charge in [0.1, 0.15) is 6.54 Å². The largest absolute Gasteiger partial charge is 0.339 e. The summed E-state index contributed by atoms with van der Waals surface area (Å²) in [6.45, 7) is 0.923. The van der Waals surface area contributed by atoms with E-state index in [0.717, 1.165) is 28.0 Å². The van der Waals surface area contributed by atoms with Crippen LogP contribution in [0.3, 0.4) is 0 Å². The molecule has 2 amide bonds. The van der Waals surface area contributed by atoms with Crippen molar-refractivity contribution in [1.29, 1.82) is 0 Å². The van der Waals surface area contributed by atoms with Gasteiger partial charge in [-0.05, 0) is 67.8 Å². The lowest BCUT2D eigenvalue weighted by molar-refractivity contribution is -0.114. The van der Waals surface area contributed by atoms with Gasteiger partial charge in [-0.25, -0.2) is 8.42 Å². The minimum atomic E-state index is -4.02. The highest BCUT2D eigenvalue weighted by Gasteiger charge is 2.28. The Morgan fingerprint density at radius 3 is 2.17 bits per heavy atom. The minimum Gasteiger partial charge on any atom is -0.339 e. The Hall–Kier alpha value is -3.17. The van der Waals surface area contributed by atoms with Gasteiger partial charge in [-0.1, -0.05) is 46.3 Å². The summed E-state index contributed by atoms with van der Waals surface area (Å²) in [4.78, 5) is 28.1. The molecule has 3 aromatic rings. The van der Waals surface area contributed by atoms with Crippen molar-refractivity contribution in [3.8, 4) is 0 Å². The van der Waals surface area contributed by atoms with E-state index < -0.39 is 22.5 Å². The number of nitrogens with one attached hydrogen (secondary N) is 1. The van der Waals surface area contributed by atoms with Crippen molar-refractivity contribution < 1.29 is 18.0 Å². The van der Waals surface area contributed by atoms with E-state index in [9.17, 15) is 18.0 Å². The Labute approximate surface area is 213 Å². The molecule has 4 rings (SSSR count). The maximum atomic E-state index is 13.5. The Kier molecular flexibility index (Phi) is 7.87. The van der Waals surface area contributed by atoms with Crippen molar-refractivity contribution in [2.24, 2.45) is 0 Å². The third-order valence-electron chi connectivity index (χ3n) is 5.81. The third-order valence-corrected chi connectivity index (χ3v) is 8.12. The highest BCUT2D eigenvalue weighted by atomic mass is 79.9. The summed E-state index contributed by atoms with van der Waals surface area (Å²) in [6.07, 6.45) is 3.02. The van der Waals surface area contributed by atoms with Crippen LogP contribution in [0, 0.1) is 0 Å². The Balaban J connectivity index is 1.60. The molecule has 0 bridgehead atoms. The second kappa shape index (κ2) is 11.0. The first-order chi connectivity index (χ1) is 16.9. The van der Waals surface area contributed by atoms with Gasteiger partial charge in [0.15, 0.2) is 0 Å². The lowest BCUT2D eigenvalue weighted by atomic mass is 10.1. The number of amides is 2. The fraction of sp³-hybridized carbons (Fsp3) is 0.231. The van der Waals surface area contributed by atoms with Gasteiger partial charge in [0, 0.05) is 17.6 Å². The molecule has 1 heterocycles. The zero-order valence-corrected chi connectivity index (χ0v) is 21.5. The predicted octanol–water partition coefficient (Wildman–Crippen LogP) is 4.91. The number of carbonyl (C=O) groups is 2. The third kappa shape index (κ3) is 5.91. The second-order valence-corrected chi connectivity index (χ2v) is 11.0. The maximum Gasteiger partial charge on any atom is 0.264 e. The van der Waals surface area contributed by atoms with Crippen molar-refractivity contribution in [2.45, 2.75) is 24.2 Å². The molecule has 0 aromatic heterocycles. The first-order valence-corrected chi connectivity index (χ1v) is 13.6. The number of anilines is 2. The maximum absolute atomic E-state index is 13.5. The molecule has 0 radical (unpaired) electrons. The zero-order valence-electron chi connectivity index (χ0n) is 19.1. The van der Waals surface area contributed by atoms with Crippen LogP contribution in [0.1, 0.15) is 29.6 Å². The number of hydrogen-bond acceptors (Lipinski definition) is 4. The van der Waals surface area contributed by atoms with Gasteiger partial charge in [0.25, 0.3) is 15.9 Å². The van der Waals surface area contributed by atoms with Crippen LogP contribution in [-0.4, -0.2) is 44.8 Å². The predicted molar refractivity (Wildman–Crippen MR) is 140 cm³/mol. The van der Waals surface area contributed by atoms with Crippen LogP contribution in [0.2, 0.25) is 0 Å². The Morgan fingerprint density at radius 2 is 1.49 bits per heavy atom. The quantitative estimate of drug-likeness (QED) is 0.448. The summed E-state index contributed by atoms with van der Waals surface area (Å²) in [7, 11) is -4.02. The molecule has 1 saturated heterocycles. The van der Waals surface area contributed by atoms with Crippen LogP contribution < -0.4 is 9.62 Å². The van der Waals surface area contributed by atoms with E-state index in [4.69, 9.17) is 0 Å².